The average molecular weight is 434 g/mol. The van der Waals surface area contributed by atoms with E-state index in [2.05, 4.69) is 28.5 Å². The van der Waals surface area contributed by atoms with E-state index in [0.29, 0.717) is 13.1 Å². The highest BCUT2D eigenvalue weighted by atomic mass is 16.5. The Hall–Kier alpha value is -2.06. The molecular weight excluding hydrogens is 394 g/mol. The SMILES string of the molecule is CCNC(=NCC1(C(=O)N(C)C)CCCC1)NCC(c1ccc(C)o1)N1CCOCC1. The van der Waals surface area contributed by atoms with Crippen molar-refractivity contribution in [2.45, 2.75) is 45.6 Å². The average Bonchev–Trinajstić information content (AvgIpc) is 3.42. The number of amides is 1. The number of hydrogen-bond donors (Lipinski definition) is 2. The fraction of sp³-hybridized carbons (Fsp3) is 0.739. The number of hydrogen-bond acceptors (Lipinski definition) is 5. The lowest BCUT2D eigenvalue weighted by Gasteiger charge is -2.34. The summed E-state index contributed by atoms with van der Waals surface area (Å²) in [4.78, 5) is 21.9. The molecule has 1 aliphatic heterocycles. The smallest absolute Gasteiger partial charge is 0.230 e. The predicted octanol–water partition coefficient (Wildman–Crippen LogP) is 2.17. The van der Waals surface area contributed by atoms with Crippen molar-refractivity contribution in [2.24, 2.45) is 10.4 Å². The molecule has 0 aromatic carbocycles. The van der Waals surface area contributed by atoms with E-state index in [-0.39, 0.29) is 17.4 Å². The number of carbonyl (C=O) groups excluding carboxylic acids is 1. The first kappa shape index (κ1) is 23.6. The van der Waals surface area contributed by atoms with Gasteiger partial charge in [0, 0.05) is 40.3 Å². The standard InChI is InChI=1S/C23H39N5O3/c1-5-24-22(26-17-23(10-6-7-11-23)21(29)27(3)4)25-16-19(20-9-8-18(2)31-20)28-12-14-30-15-13-28/h8-9,19H,5-7,10-17H2,1-4H3,(H2,24,25,26). The van der Waals surface area contributed by atoms with Gasteiger partial charge in [-0.2, -0.15) is 0 Å². The Morgan fingerprint density at radius 2 is 1.94 bits per heavy atom. The van der Waals surface area contributed by atoms with E-state index in [9.17, 15) is 4.79 Å². The largest absolute Gasteiger partial charge is 0.465 e. The minimum absolute atomic E-state index is 0.102. The van der Waals surface area contributed by atoms with Crippen molar-refractivity contribution in [3.05, 3.63) is 23.7 Å². The number of carbonyl (C=O) groups is 1. The number of rotatable bonds is 8. The van der Waals surface area contributed by atoms with Crippen LogP contribution in [0.3, 0.4) is 0 Å². The first-order valence-electron chi connectivity index (χ1n) is 11.6. The number of furan rings is 1. The van der Waals surface area contributed by atoms with E-state index in [1.54, 1.807) is 4.90 Å². The summed E-state index contributed by atoms with van der Waals surface area (Å²) in [5, 5.41) is 6.85. The molecule has 0 spiro atoms. The summed E-state index contributed by atoms with van der Waals surface area (Å²) in [5.41, 5.74) is -0.367. The van der Waals surface area contributed by atoms with Crippen molar-refractivity contribution < 1.29 is 13.9 Å². The van der Waals surface area contributed by atoms with Gasteiger partial charge in [0.25, 0.3) is 0 Å². The van der Waals surface area contributed by atoms with Gasteiger partial charge < -0.3 is 24.7 Å². The van der Waals surface area contributed by atoms with Gasteiger partial charge >= 0.3 is 0 Å². The maximum absolute atomic E-state index is 12.9. The molecule has 3 rings (SSSR count). The van der Waals surface area contributed by atoms with Gasteiger partial charge in [-0.05, 0) is 38.8 Å². The molecule has 1 atom stereocenters. The molecule has 8 heteroatoms. The molecule has 1 aliphatic carbocycles. The topological polar surface area (TPSA) is 82.3 Å². The number of aliphatic imine (C=N–C) groups is 1. The normalized spacial score (nSPS) is 20.5. The molecule has 0 radical (unpaired) electrons. The maximum Gasteiger partial charge on any atom is 0.230 e. The van der Waals surface area contributed by atoms with Gasteiger partial charge in [-0.15, -0.1) is 0 Å². The molecule has 2 aliphatic rings. The molecule has 1 aromatic heterocycles. The number of guanidine groups is 1. The Morgan fingerprint density at radius 1 is 1.23 bits per heavy atom. The van der Waals surface area contributed by atoms with Crippen LogP contribution in [0.5, 0.6) is 0 Å². The zero-order valence-corrected chi connectivity index (χ0v) is 19.6. The van der Waals surface area contributed by atoms with E-state index in [1.807, 2.05) is 27.1 Å². The van der Waals surface area contributed by atoms with Crippen LogP contribution >= 0.6 is 0 Å². The van der Waals surface area contributed by atoms with Gasteiger partial charge in [-0.25, -0.2) is 0 Å². The van der Waals surface area contributed by atoms with Crippen LogP contribution in [0.1, 0.15) is 50.2 Å². The fourth-order valence-electron chi connectivity index (χ4n) is 4.66. The second kappa shape index (κ2) is 11.0. The molecule has 1 unspecified atom stereocenters. The van der Waals surface area contributed by atoms with Crippen molar-refractivity contribution in [1.29, 1.82) is 0 Å². The third-order valence-electron chi connectivity index (χ3n) is 6.34. The summed E-state index contributed by atoms with van der Waals surface area (Å²) in [6.45, 7) is 9.21. The Kier molecular flexibility index (Phi) is 8.37. The van der Waals surface area contributed by atoms with Gasteiger partial charge in [0.2, 0.25) is 5.91 Å². The Labute approximate surface area is 186 Å². The van der Waals surface area contributed by atoms with Crippen LogP contribution in [0.15, 0.2) is 21.5 Å². The second-order valence-corrected chi connectivity index (χ2v) is 8.88. The Balaban J connectivity index is 1.71. The van der Waals surface area contributed by atoms with Gasteiger partial charge in [0.15, 0.2) is 5.96 Å². The second-order valence-electron chi connectivity index (χ2n) is 8.88. The zero-order valence-electron chi connectivity index (χ0n) is 19.6. The number of aryl methyl sites for hydroxylation is 1. The van der Waals surface area contributed by atoms with Crippen LogP contribution < -0.4 is 10.6 Å². The summed E-state index contributed by atoms with van der Waals surface area (Å²) < 4.78 is 11.5. The van der Waals surface area contributed by atoms with Crippen molar-refractivity contribution >= 4 is 11.9 Å². The minimum atomic E-state index is -0.367. The number of nitrogens with zero attached hydrogens (tertiary/aromatic N) is 3. The van der Waals surface area contributed by atoms with Crippen LogP contribution in [-0.4, -0.2) is 81.7 Å². The first-order chi connectivity index (χ1) is 14.9. The molecule has 174 valence electrons. The molecule has 2 fully saturated rings. The first-order valence-corrected chi connectivity index (χ1v) is 11.6. The molecule has 31 heavy (non-hydrogen) atoms. The van der Waals surface area contributed by atoms with E-state index >= 15 is 0 Å². The molecular formula is C23H39N5O3. The summed E-state index contributed by atoms with van der Waals surface area (Å²) >= 11 is 0. The van der Waals surface area contributed by atoms with E-state index in [4.69, 9.17) is 14.1 Å². The molecule has 1 amide bonds. The lowest BCUT2D eigenvalue weighted by Crippen LogP contribution is -2.47. The molecule has 1 aromatic rings. The highest BCUT2D eigenvalue weighted by Crippen LogP contribution is 2.39. The highest BCUT2D eigenvalue weighted by molar-refractivity contribution is 5.84. The number of nitrogens with one attached hydrogen (secondary N) is 2. The lowest BCUT2D eigenvalue weighted by molar-refractivity contribution is -0.138. The molecule has 2 heterocycles. The third kappa shape index (κ3) is 6.01. The van der Waals surface area contributed by atoms with Crippen LogP contribution in [0.25, 0.3) is 0 Å². The zero-order chi connectivity index (χ0) is 22.3. The summed E-state index contributed by atoms with van der Waals surface area (Å²) in [7, 11) is 3.68. The van der Waals surface area contributed by atoms with Crippen molar-refractivity contribution in [1.82, 2.24) is 20.4 Å². The Bertz CT molecular complexity index is 733. The quantitative estimate of drug-likeness (QED) is 0.483. The van der Waals surface area contributed by atoms with E-state index in [0.717, 1.165) is 76.0 Å². The van der Waals surface area contributed by atoms with Crippen LogP contribution in [-0.2, 0) is 9.53 Å². The van der Waals surface area contributed by atoms with Gasteiger partial charge in [0.05, 0.1) is 31.2 Å². The van der Waals surface area contributed by atoms with Crippen LogP contribution in [0.4, 0.5) is 0 Å². The van der Waals surface area contributed by atoms with Gasteiger partial charge in [0.1, 0.15) is 11.5 Å². The molecule has 0 bridgehead atoms. The summed E-state index contributed by atoms with van der Waals surface area (Å²) in [6.07, 6.45) is 4.01. The van der Waals surface area contributed by atoms with Gasteiger partial charge in [-0.3, -0.25) is 14.7 Å². The van der Waals surface area contributed by atoms with Crippen molar-refractivity contribution in [3.63, 3.8) is 0 Å². The van der Waals surface area contributed by atoms with Gasteiger partial charge in [-0.1, -0.05) is 12.8 Å². The number of morpholine rings is 1. The highest BCUT2D eigenvalue weighted by Gasteiger charge is 2.42. The van der Waals surface area contributed by atoms with E-state index < -0.39 is 0 Å². The monoisotopic (exact) mass is 433 g/mol. The molecule has 8 nitrogen and oxygen atoms in total. The molecule has 1 saturated carbocycles. The van der Waals surface area contributed by atoms with Crippen LogP contribution in [0.2, 0.25) is 0 Å². The fourth-order valence-corrected chi connectivity index (χ4v) is 4.66. The Morgan fingerprint density at radius 3 is 2.52 bits per heavy atom. The van der Waals surface area contributed by atoms with Crippen molar-refractivity contribution in [2.75, 3.05) is 60.0 Å². The lowest BCUT2D eigenvalue weighted by atomic mass is 9.85. The predicted molar refractivity (Wildman–Crippen MR) is 122 cm³/mol. The van der Waals surface area contributed by atoms with Crippen LogP contribution in [0, 0.1) is 12.3 Å². The summed E-state index contributed by atoms with van der Waals surface area (Å²) in [6, 6.07) is 4.17. The maximum atomic E-state index is 12.9. The third-order valence-corrected chi connectivity index (χ3v) is 6.34. The minimum Gasteiger partial charge on any atom is -0.465 e. The molecule has 2 N–H and O–H groups in total. The van der Waals surface area contributed by atoms with E-state index in [1.165, 1.54) is 0 Å². The number of ether oxygens (including phenoxy) is 1. The molecule has 1 saturated heterocycles. The summed E-state index contributed by atoms with van der Waals surface area (Å²) in [5.74, 6) is 2.82. The van der Waals surface area contributed by atoms with Crippen molar-refractivity contribution in [3.8, 4) is 0 Å².